The first-order chi connectivity index (χ1) is 12.8. The predicted molar refractivity (Wildman–Crippen MR) is 105 cm³/mol. The zero-order chi connectivity index (χ0) is 19.9. The Balaban J connectivity index is 0.000000198. The molecule has 1 amide bonds. The Hall–Kier alpha value is -2.21. The molecule has 1 aliphatic heterocycles. The van der Waals surface area contributed by atoms with Crippen LogP contribution >= 0.6 is 0 Å². The molecule has 1 fully saturated rings. The number of carbonyl (C=O) groups excluding carboxylic acids is 1. The molecule has 7 nitrogen and oxygen atoms in total. The number of piperidine rings is 1. The molecule has 2 aromatic carbocycles. The van der Waals surface area contributed by atoms with Crippen LogP contribution in [0.5, 0.6) is 5.75 Å². The molecule has 1 aliphatic rings. The monoisotopic (exact) mass is 436 g/mol. The van der Waals surface area contributed by atoms with Crippen LogP contribution in [0, 0.1) is 0 Å². The topological polar surface area (TPSA) is 110 Å². The molecule has 0 atom stereocenters. The van der Waals surface area contributed by atoms with Gasteiger partial charge in [0.15, 0.2) is 0 Å². The molecule has 0 unspecified atom stereocenters. The van der Waals surface area contributed by atoms with Crippen molar-refractivity contribution in [3.63, 3.8) is 0 Å². The Kier molecular flexibility index (Phi) is 7.53. The minimum atomic E-state index is -5.09. The van der Waals surface area contributed by atoms with Crippen molar-refractivity contribution >= 4 is 35.8 Å². The number of rotatable bonds is 3. The first-order valence-electron chi connectivity index (χ1n) is 8.74. The summed E-state index contributed by atoms with van der Waals surface area (Å²) < 4.78 is 28.2. The van der Waals surface area contributed by atoms with Crippen LogP contribution in [0.25, 0.3) is 0 Å². The van der Waals surface area contributed by atoms with Gasteiger partial charge in [0.25, 0.3) is 0 Å². The van der Waals surface area contributed by atoms with Gasteiger partial charge in [0.05, 0.1) is 0 Å². The minimum absolute atomic E-state index is 0.285. The van der Waals surface area contributed by atoms with Crippen LogP contribution in [0.3, 0.4) is 0 Å². The van der Waals surface area contributed by atoms with Gasteiger partial charge in [-0.25, -0.2) is 0 Å². The standard InChI is InChI=1S/C11H15N.C8H10AsNO5/c1-3-7-11(8-4-1)12-9-5-2-6-10-12;1-5(11)10-6-2-3-7(8(12)4-6)9(13,14)15/h1,3-4,7-8H,2,5-6,9-10H2;2-4,12H,1H3,(H,10,11)(H2,13,14,15). The number of amides is 1. The Morgan fingerprint density at radius 3 is 2.19 bits per heavy atom. The number of hydrogen-bond donors (Lipinski definition) is 4. The second kappa shape index (κ2) is 9.65. The van der Waals surface area contributed by atoms with Crippen molar-refractivity contribution in [3.05, 3.63) is 48.5 Å². The van der Waals surface area contributed by atoms with E-state index in [1.807, 2.05) is 0 Å². The van der Waals surface area contributed by atoms with Crippen molar-refractivity contribution in [2.75, 3.05) is 23.3 Å². The molecule has 0 aliphatic carbocycles. The molecule has 146 valence electrons. The maximum Gasteiger partial charge on any atom is 0.0366 e. The molecule has 1 saturated heterocycles. The quantitative estimate of drug-likeness (QED) is 0.544. The third-order valence-electron chi connectivity index (χ3n) is 4.09. The van der Waals surface area contributed by atoms with E-state index in [0.717, 1.165) is 12.1 Å². The van der Waals surface area contributed by atoms with E-state index in [-0.39, 0.29) is 11.6 Å². The van der Waals surface area contributed by atoms with Gasteiger partial charge in [-0.1, -0.05) is 18.2 Å². The largest absolute Gasteiger partial charge is 0.372 e. The summed E-state index contributed by atoms with van der Waals surface area (Å²) >= 11 is -5.09. The molecule has 0 aromatic heterocycles. The predicted octanol–water partition coefficient (Wildman–Crippen LogP) is 1.59. The molecule has 0 saturated carbocycles. The van der Waals surface area contributed by atoms with Crippen LogP contribution in [0.1, 0.15) is 26.2 Å². The van der Waals surface area contributed by atoms with Crippen molar-refractivity contribution in [1.29, 1.82) is 0 Å². The average Bonchev–Trinajstić information content (AvgIpc) is 2.62. The van der Waals surface area contributed by atoms with Crippen molar-refractivity contribution < 1.29 is 21.8 Å². The zero-order valence-corrected chi connectivity index (χ0v) is 17.1. The Morgan fingerprint density at radius 1 is 1.04 bits per heavy atom. The van der Waals surface area contributed by atoms with Gasteiger partial charge in [0, 0.05) is 18.8 Å². The third kappa shape index (κ3) is 6.79. The van der Waals surface area contributed by atoms with Crippen molar-refractivity contribution in [1.82, 2.24) is 0 Å². The van der Waals surface area contributed by atoms with E-state index >= 15 is 0 Å². The van der Waals surface area contributed by atoms with Gasteiger partial charge < -0.3 is 4.90 Å². The van der Waals surface area contributed by atoms with Crippen LogP contribution in [0.15, 0.2) is 48.5 Å². The first-order valence-corrected chi connectivity index (χ1v) is 12.1. The molecule has 3 rings (SSSR count). The van der Waals surface area contributed by atoms with Crippen LogP contribution in [-0.4, -0.2) is 46.5 Å². The summed E-state index contributed by atoms with van der Waals surface area (Å²) in [6.45, 7) is 3.77. The van der Waals surface area contributed by atoms with E-state index in [2.05, 4.69) is 40.5 Å². The minimum Gasteiger partial charge on any atom is -0.372 e. The smallest absolute Gasteiger partial charge is 0.0366 e. The second-order valence-electron chi connectivity index (χ2n) is 6.31. The Morgan fingerprint density at radius 2 is 1.67 bits per heavy atom. The van der Waals surface area contributed by atoms with Gasteiger partial charge >= 0.3 is 88.1 Å². The summed E-state index contributed by atoms with van der Waals surface area (Å²) in [6.07, 6.45) is 4.12. The van der Waals surface area contributed by atoms with E-state index in [9.17, 15) is 13.6 Å². The number of phenols is 1. The zero-order valence-electron chi connectivity index (χ0n) is 15.2. The number of nitrogens with one attached hydrogen (secondary N) is 1. The summed E-state index contributed by atoms with van der Waals surface area (Å²) in [4.78, 5) is 13.1. The third-order valence-corrected chi connectivity index (χ3v) is 6.20. The first kappa shape index (κ1) is 21.1. The molecular formula is C19H25AsN2O5. The van der Waals surface area contributed by atoms with Crippen molar-refractivity contribution in [2.24, 2.45) is 0 Å². The van der Waals surface area contributed by atoms with E-state index < -0.39 is 24.3 Å². The van der Waals surface area contributed by atoms with Crippen LogP contribution < -0.4 is 14.6 Å². The fraction of sp³-hybridized carbons (Fsp3) is 0.316. The van der Waals surface area contributed by atoms with Gasteiger partial charge in [-0.2, -0.15) is 0 Å². The number of para-hydroxylation sites is 1. The van der Waals surface area contributed by atoms with E-state index in [4.69, 9.17) is 8.19 Å². The summed E-state index contributed by atoms with van der Waals surface area (Å²) in [5.41, 5.74) is 1.67. The molecule has 1 heterocycles. The molecular weight excluding hydrogens is 411 g/mol. The SMILES string of the molecule is CC(=O)Nc1ccc([As](=O)(O)O)c(O)c1.c1ccc(N2CCCCC2)cc1. The summed E-state index contributed by atoms with van der Waals surface area (Å²) in [7, 11) is 0. The maximum atomic E-state index is 10.9. The van der Waals surface area contributed by atoms with Crippen molar-refractivity contribution in [2.45, 2.75) is 26.2 Å². The number of carbonyl (C=O) groups is 1. The summed E-state index contributed by atoms with van der Waals surface area (Å²) in [6, 6.07) is 14.2. The van der Waals surface area contributed by atoms with Gasteiger partial charge in [0.1, 0.15) is 0 Å². The number of aromatic hydroxyl groups is 1. The van der Waals surface area contributed by atoms with Gasteiger partial charge in [-0.05, 0) is 31.4 Å². The molecule has 0 radical (unpaired) electrons. The van der Waals surface area contributed by atoms with Crippen LogP contribution in [-0.2, 0) is 8.53 Å². The van der Waals surface area contributed by atoms with Crippen LogP contribution in [0.4, 0.5) is 11.4 Å². The fourth-order valence-corrected chi connectivity index (χ4v) is 4.17. The van der Waals surface area contributed by atoms with Crippen molar-refractivity contribution in [3.8, 4) is 5.75 Å². The average molecular weight is 436 g/mol. The number of hydrogen-bond acceptors (Lipinski definition) is 4. The number of benzene rings is 2. The van der Waals surface area contributed by atoms with E-state index in [0.29, 0.717) is 0 Å². The normalized spacial score (nSPS) is 14.1. The number of phenolic OH excluding ortho intramolecular Hbond substituents is 1. The molecule has 0 spiro atoms. The molecule has 2 aromatic rings. The molecule has 0 bridgehead atoms. The fourth-order valence-electron chi connectivity index (χ4n) is 2.84. The van der Waals surface area contributed by atoms with Gasteiger partial charge in [-0.15, -0.1) is 0 Å². The van der Waals surface area contributed by atoms with E-state index in [1.165, 1.54) is 51.0 Å². The summed E-state index contributed by atoms with van der Waals surface area (Å²) in [5, 5.41) is 11.7. The molecule has 8 heteroatoms. The van der Waals surface area contributed by atoms with Crippen LogP contribution in [0.2, 0.25) is 0 Å². The number of nitrogens with zero attached hydrogens (tertiary/aromatic N) is 1. The Labute approximate surface area is 161 Å². The van der Waals surface area contributed by atoms with Gasteiger partial charge in [-0.3, -0.25) is 0 Å². The summed E-state index contributed by atoms with van der Waals surface area (Å²) in [5.74, 6) is -0.850. The molecule has 27 heavy (non-hydrogen) atoms. The van der Waals surface area contributed by atoms with Gasteiger partial charge in [0.2, 0.25) is 0 Å². The molecule has 4 N–H and O–H groups in total. The number of anilines is 2. The maximum absolute atomic E-state index is 10.9. The Bertz CT molecular complexity index is 801. The second-order valence-corrected chi connectivity index (χ2v) is 9.61. The van der Waals surface area contributed by atoms with E-state index in [1.54, 1.807) is 0 Å².